The van der Waals surface area contributed by atoms with Crippen molar-refractivity contribution < 1.29 is 27.8 Å². The number of halogens is 3. The number of carbonyl (C=O) groups is 2. The molecule has 0 fully saturated rings. The molecule has 1 amide bonds. The van der Waals surface area contributed by atoms with Crippen LogP contribution in [-0.2, 0) is 9.53 Å². The zero-order valence-corrected chi connectivity index (χ0v) is 14.0. The van der Waals surface area contributed by atoms with Gasteiger partial charge in [0.25, 0.3) is 5.91 Å². The third kappa shape index (κ3) is 4.51. The number of hydrogen-bond donors (Lipinski definition) is 1. The summed E-state index contributed by atoms with van der Waals surface area (Å²) in [4.78, 5) is 23.7. The molecule has 0 saturated heterocycles. The van der Waals surface area contributed by atoms with Crippen LogP contribution in [0.4, 0.5) is 14.5 Å². The molecule has 0 aliphatic carbocycles. The quantitative estimate of drug-likeness (QED) is 0.781. The summed E-state index contributed by atoms with van der Waals surface area (Å²) in [6.07, 6.45) is 0. The number of rotatable bonds is 5. The monoisotopic (exact) mass is 399 g/mol. The van der Waals surface area contributed by atoms with E-state index in [1.165, 1.54) is 19.2 Å². The second-order valence-corrected chi connectivity index (χ2v) is 5.45. The first-order valence-corrected chi connectivity index (χ1v) is 7.45. The summed E-state index contributed by atoms with van der Waals surface area (Å²) in [7, 11) is 1.45. The van der Waals surface area contributed by atoms with Crippen LogP contribution in [0, 0.1) is 11.6 Å². The van der Waals surface area contributed by atoms with E-state index in [0.717, 1.165) is 12.1 Å². The Labute approximate surface area is 144 Å². The predicted molar refractivity (Wildman–Crippen MR) is 86.0 cm³/mol. The Hall–Kier alpha value is -2.48. The molecular weight excluding hydrogens is 388 g/mol. The lowest BCUT2D eigenvalue weighted by atomic mass is 10.2. The number of carbonyl (C=O) groups excluding carboxylic acids is 2. The van der Waals surface area contributed by atoms with E-state index in [1.54, 1.807) is 12.1 Å². The number of esters is 1. The number of anilines is 1. The fourth-order valence-electron chi connectivity index (χ4n) is 1.77. The summed E-state index contributed by atoms with van der Waals surface area (Å²) >= 11 is 3.20. The molecule has 24 heavy (non-hydrogen) atoms. The first kappa shape index (κ1) is 17.9. The van der Waals surface area contributed by atoms with Crippen molar-refractivity contribution in [3.8, 4) is 5.75 Å². The van der Waals surface area contributed by atoms with Gasteiger partial charge in [-0.3, -0.25) is 4.79 Å². The van der Waals surface area contributed by atoms with Gasteiger partial charge in [0, 0.05) is 16.2 Å². The molecule has 0 radical (unpaired) electrons. The highest BCUT2D eigenvalue weighted by Crippen LogP contribution is 2.23. The fraction of sp³-hybridized carbons (Fsp3) is 0.125. The van der Waals surface area contributed by atoms with E-state index in [1.807, 2.05) is 0 Å². The second kappa shape index (κ2) is 7.87. The summed E-state index contributed by atoms with van der Waals surface area (Å²) in [5.74, 6) is -3.08. The average Bonchev–Trinajstić information content (AvgIpc) is 2.56. The van der Waals surface area contributed by atoms with E-state index in [0.29, 0.717) is 10.2 Å². The maximum absolute atomic E-state index is 13.1. The minimum Gasteiger partial charge on any atom is -0.497 e. The Kier molecular flexibility index (Phi) is 5.86. The van der Waals surface area contributed by atoms with Gasteiger partial charge in [-0.15, -0.1) is 0 Å². The standard InChI is InChI=1S/C16H12BrF2NO4/c1-23-10-3-4-12(17)11(7-10)16(22)24-8-15(21)20-9-2-5-13(18)14(19)6-9/h2-7H,8H2,1H3,(H,20,21). The third-order valence-electron chi connectivity index (χ3n) is 2.93. The van der Waals surface area contributed by atoms with Crippen LogP contribution in [0.3, 0.4) is 0 Å². The van der Waals surface area contributed by atoms with Gasteiger partial charge in [0.1, 0.15) is 5.75 Å². The lowest BCUT2D eigenvalue weighted by molar-refractivity contribution is -0.119. The van der Waals surface area contributed by atoms with Crippen LogP contribution in [0.5, 0.6) is 5.75 Å². The van der Waals surface area contributed by atoms with E-state index in [9.17, 15) is 18.4 Å². The van der Waals surface area contributed by atoms with Crippen LogP contribution in [0.15, 0.2) is 40.9 Å². The van der Waals surface area contributed by atoms with Crippen molar-refractivity contribution in [2.75, 3.05) is 19.0 Å². The van der Waals surface area contributed by atoms with Gasteiger partial charge in [0.05, 0.1) is 12.7 Å². The Balaban J connectivity index is 1.96. The summed E-state index contributed by atoms with van der Waals surface area (Å²) in [6.45, 7) is -0.582. The van der Waals surface area contributed by atoms with Crippen LogP contribution >= 0.6 is 15.9 Å². The largest absolute Gasteiger partial charge is 0.497 e. The van der Waals surface area contributed by atoms with Crippen LogP contribution < -0.4 is 10.1 Å². The Morgan fingerprint density at radius 3 is 2.54 bits per heavy atom. The third-order valence-corrected chi connectivity index (χ3v) is 3.62. The Morgan fingerprint density at radius 1 is 1.12 bits per heavy atom. The minimum atomic E-state index is -1.09. The molecule has 0 aliphatic heterocycles. The molecular formula is C16H12BrF2NO4. The maximum Gasteiger partial charge on any atom is 0.339 e. The van der Waals surface area contributed by atoms with Crippen molar-refractivity contribution in [1.82, 2.24) is 0 Å². The van der Waals surface area contributed by atoms with E-state index in [-0.39, 0.29) is 11.3 Å². The fourth-order valence-corrected chi connectivity index (χ4v) is 2.18. The van der Waals surface area contributed by atoms with Gasteiger partial charge in [-0.1, -0.05) is 0 Å². The molecule has 0 atom stereocenters. The van der Waals surface area contributed by atoms with Crippen molar-refractivity contribution in [3.63, 3.8) is 0 Å². The van der Waals surface area contributed by atoms with Crippen LogP contribution in [0.2, 0.25) is 0 Å². The summed E-state index contributed by atoms with van der Waals surface area (Å²) in [6, 6.07) is 7.61. The van der Waals surface area contributed by atoms with Gasteiger partial charge < -0.3 is 14.8 Å². The molecule has 0 aliphatic rings. The summed E-state index contributed by atoms with van der Waals surface area (Å²) < 4.78 is 36.2. The zero-order chi connectivity index (χ0) is 17.7. The maximum atomic E-state index is 13.1. The summed E-state index contributed by atoms with van der Waals surface area (Å²) in [5.41, 5.74) is 0.243. The second-order valence-electron chi connectivity index (χ2n) is 4.60. The van der Waals surface area contributed by atoms with Crippen molar-refractivity contribution in [1.29, 1.82) is 0 Å². The normalized spacial score (nSPS) is 10.2. The van der Waals surface area contributed by atoms with E-state index in [4.69, 9.17) is 9.47 Å². The molecule has 0 saturated carbocycles. The van der Waals surface area contributed by atoms with Crippen LogP contribution in [0.1, 0.15) is 10.4 Å². The summed E-state index contributed by atoms with van der Waals surface area (Å²) in [5, 5.41) is 2.29. The molecule has 0 bridgehead atoms. The number of benzene rings is 2. The minimum absolute atomic E-state index is 0.0532. The molecule has 2 aromatic carbocycles. The van der Waals surface area contributed by atoms with Crippen molar-refractivity contribution >= 4 is 33.5 Å². The number of ether oxygens (including phenoxy) is 2. The predicted octanol–water partition coefficient (Wildman–Crippen LogP) is 3.53. The van der Waals surface area contributed by atoms with Crippen molar-refractivity contribution in [2.24, 2.45) is 0 Å². The van der Waals surface area contributed by atoms with Crippen molar-refractivity contribution in [3.05, 3.63) is 58.1 Å². The highest BCUT2D eigenvalue weighted by atomic mass is 79.9. The Morgan fingerprint density at radius 2 is 1.88 bits per heavy atom. The molecule has 0 heterocycles. The molecule has 8 heteroatoms. The number of methoxy groups -OCH3 is 1. The average molecular weight is 400 g/mol. The topological polar surface area (TPSA) is 64.6 Å². The molecule has 2 aromatic rings. The van der Waals surface area contributed by atoms with Gasteiger partial charge in [0.2, 0.25) is 0 Å². The number of amides is 1. The van der Waals surface area contributed by atoms with E-state index < -0.39 is 30.1 Å². The number of nitrogens with one attached hydrogen (secondary N) is 1. The van der Waals surface area contributed by atoms with Crippen LogP contribution in [0.25, 0.3) is 0 Å². The van der Waals surface area contributed by atoms with Gasteiger partial charge in [-0.2, -0.15) is 0 Å². The first-order chi connectivity index (χ1) is 11.4. The van der Waals surface area contributed by atoms with Crippen LogP contribution in [-0.4, -0.2) is 25.6 Å². The van der Waals surface area contributed by atoms with Gasteiger partial charge in [-0.25, -0.2) is 13.6 Å². The van der Waals surface area contributed by atoms with E-state index in [2.05, 4.69) is 21.2 Å². The molecule has 0 aromatic heterocycles. The number of hydrogen-bond acceptors (Lipinski definition) is 4. The van der Waals surface area contributed by atoms with Crippen molar-refractivity contribution in [2.45, 2.75) is 0 Å². The SMILES string of the molecule is COc1ccc(Br)c(C(=O)OCC(=O)Nc2ccc(F)c(F)c2)c1. The molecule has 126 valence electrons. The highest BCUT2D eigenvalue weighted by Gasteiger charge is 2.15. The lowest BCUT2D eigenvalue weighted by Gasteiger charge is -2.09. The van der Waals surface area contributed by atoms with Gasteiger partial charge in [0.15, 0.2) is 18.2 Å². The van der Waals surface area contributed by atoms with E-state index >= 15 is 0 Å². The molecule has 2 rings (SSSR count). The highest BCUT2D eigenvalue weighted by molar-refractivity contribution is 9.10. The zero-order valence-electron chi connectivity index (χ0n) is 12.4. The molecule has 5 nitrogen and oxygen atoms in total. The van der Waals surface area contributed by atoms with Gasteiger partial charge in [-0.05, 0) is 46.3 Å². The lowest BCUT2D eigenvalue weighted by Crippen LogP contribution is -2.21. The molecule has 1 N–H and O–H groups in total. The van der Waals surface area contributed by atoms with Gasteiger partial charge >= 0.3 is 5.97 Å². The molecule has 0 spiro atoms. The first-order valence-electron chi connectivity index (χ1n) is 6.66. The Bertz CT molecular complexity index is 783. The molecule has 0 unspecified atom stereocenters. The smallest absolute Gasteiger partial charge is 0.339 e.